The van der Waals surface area contributed by atoms with E-state index in [9.17, 15) is 9.59 Å². The Morgan fingerprint density at radius 1 is 1.26 bits per heavy atom. The van der Waals surface area contributed by atoms with Crippen molar-refractivity contribution in [1.29, 1.82) is 0 Å². The molecule has 2 N–H and O–H groups in total. The molecule has 0 bridgehead atoms. The average Bonchev–Trinajstić information content (AvgIpc) is 3.47. The number of ether oxygens (including phenoxy) is 2. The summed E-state index contributed by atoms with van der Waals surface area (Å²) in [5.74, 6) is 0.729. The molecule has 1 aliphatic heterocycles. The maximum Gasteiger partial charge on any atom is 0.227 e. The van der Waals surface area contributed by atoms with Crippen LogP contribution in [0, 0.1) is 5.92 Å². The largest absolute Gasteiger partial charge is 0.497 e. The Labute approximate surface area is 207 Å². The van der Waals surface area contributed by atoms with E-state index in [-0.39, 0.29) is 18.2 Å². The summed E-state index contributed by atoms with van der Waals surface area (Å²) < 4.78 is 12.1. The third-order valence-corrected chi connectivity index (χ3v) is 6.29. The number of methoxy groups -OCH3 is 2. The maximum absolute atomic E-state index is 12.8. The van der Waals surface area contributed by atoms with Crippen molar-refractivity contribution in [3.8, 4) is 5.75 Å². The number of hydrogen-bond donors (Lipinski definition) is 2. The van der Waals surface area contributed by atoms with Crippen LogP contribution in [0.1, 0.15) is 6.42 Å². The van der Waals surface area contributed by atoms with Gasteiger partial charge in [0.1, 0.15) is 11.6 Å². The summed E-state index contributed by atoms with van der Waals surface area (Å²) in [4.78, 5) is 36.1. The van der Waals surface area contributed by atoms with Crippen molar-refractivity contribution in [3.63, 3.8) is 0 Å². The lowest BCUT2D eigenvalue weighted by molar-refractivity contribution is -0.126. The van der Waals surface area contributed by atoms with Crippen LogP contribution in [0.3, 0.4) is 0 Å². The van der Waals surface area contributed by atoms with E-state index in [2.05, 4.69) is 25.7 Å². The highest BCUT2D eigenvalue weighted by molar-refractivity contribution is 7.98. The molecule has 1 aliphatic rings. The van der Waals surface area contributed by atoms with Gasteiger partial charge in [0.15, 0.2) is 10.8 Å². The standard InChI is InChI=1S/C23H29N7O4S/c1-33-10-8-24-20-18-13-26-30(21(18)28-23(27-20)35-3)9-7-25-22(32)15-11-19(31)29(14-15)16-5-4-6-17(12-16)34-2/h4-6,12-13,15H,7-11,14H2,1-3H3,(H,25,32)(H,24,27,28). The molecular weight excluding hydrogens is 470 g/mol. The second kappa shape index (κ2) is 11.4. The van der Waals surface area contributed by atoms with Crippen molar-refractivity contribution in [2.24, 2.45) is 5.92 Å². The van der Waals surface area contributed by atoms with Gasteiger partial charge in [-0.25, -0.2) is 14.6 Å². The van der Waals surface area contributed by atoms with Gasteiger partial charge in [-0.05, 0) is 18.4 Å². The molecule has 1 atom stereocenters. The summed E-state index contributed by atoms with van der Waals surface area (Å²) in [7, 11) is 3.23. The molecule has 4 rings (SSSR count). The zero-order valence-electron chi connectivity index (χ0n) is 20.0. The van der Waals surface area contributed by atoms with Crippen LogP contribution in [0.2, 0.25) is 0 Å². The van der Waals surface area contributed by atoms with Gasteiger partial charge in [-0.3, -0.25) is 9.59 Å². The van der Waals surface area contributed by atoms with Crippen molar-refractivity contribution in [3.05, 3.63) is 30.5 Å². The molecule has 3 aromatic rings. The molecule has 186 valence electrons. The van der Waals surface area contributed by atoms with Gasteiger partial charge in [-0.2, -0.15) is 5.10 Å². The molecule has 35 heavy (non-hydrogen) atoms. The van der Waals surface area contributed by atoms with Crippen molar-refractivity contribution >= 4 is 46.1 Å². The summed E-state index contributed by atoms with van der Waals surface area (Å²) in [6, 6.07) is 7.28. The zero-order valence-corrected chi connectivity index (χ0v) is 20.8. The Hall–Kier alpha value is -3.38. The quantitative estimate of drug-likeness (QED) is 0.231. The predicted molar refractivity (Wildman–Crippen MR) is 134 cm³/mol. The van der Waals surface area contributed by atoms with E-state index in [4.69, 9.17) is 9.47 Å². The third-order valence-electron chi connectivity index (χ3n) is 5.74. The Morgan fingerprint density at radius 2 is 2.11 bits per heavy atom. The van der Waals surface area contributed by atoms with Gasteiger partial charge in [0.2, 0.25) is 11.8 Å². The van der Waals surface area contributed by atoms with E-state index in [1.165, 1.54) is 11.8 Å². The van der Waals surface area contributed by atoms with Gasteiger partial charge in [-0.1, -0.05) is 17.8 Å². The van der Waals surface area contributed by atoms with Gasteiger partial charge in [0, 0.05) is 44.9 Å². The van der Waals surface area contributed by atoms with Crippen LogP contribution in [0.5, 0.6) is 5.75 Å². The van der Waals surface area contributed by atoms with E-state index in [0.29, 0.717) is 55.2 Å². The first-order valence-corrected chi connectivity index (χ1v) is 12.5. The molecule has 3 heterocycles. The molecule has 1 aromatic carbocycles. The number of amides is 2. The lowest BCUT2D eigenvalue weighted by Crippen LogP contribution is -2.35. The minimum absolute atomic E-state index is 0.0775. The third kappa shape index (κ3) is 5.65. The highest BCUT2D eigenvalue weighted by atomic mass is 32.2. The molecule has 0 spiro atoms. The summed E-state index contributed by atoms with van der Waals surface area (Å²) in [6.45, 7) is 2.31. The number of anilines is 2. The lowest BCUT2D eigenvalue weighted by atomic mass is 10.1. The summed E-state index contributed by atoms with van der Waals surface area (Å²) in [5.41, 5.74) is 1.42. The van der Waals surface area contributed by atoms with E-state index in [1.54, 1.807) is 36.1 Å². The fourth-order valence-electron chi connectivity index (χ4n) is 3.94. The zero-order chi connectivity index (χ0) is 24.8. The fraction of sp³-hybridized carbons (Fsp3) is 0.435. The molecule has 1 unspecified atom stereocenters. The Morgan fingerprint density at radius 3 is 2.89 bits per heavy atom. The normalized spacial score (nSPS) is 15.6. The second-order valence-electron chi connectivity index (χ2n) is 7.98. The first kappa shape index (κ1) is 24.7. The number of benzene rings is 1. The molecule has 2 amide bonds. The van der Waals surface area contributed by atoms with Crippen molar-refractivity contribution in [1.82, 2.24) is 25.1 Å². The average molecular weight is 500 g/mol. The summed E-state index contributed by atoms with van der Waals surface area (Å²) in [6.07, 6.45) is 3.81. The number of thioether (sulfide) groups is 1. The van der Waals surface area contributed by atoms with Crippen LogP contribution in [-0.4, -0.2) is 78.3 Å². The predicted octanol–water partition coefficient (Wildman–Crippen LogP) is 1.78. The van der Waals surface area contributed by atoms with E-state index in [0.717, 1.165) is 11.1 Å². The number of carbonyl (C=O) groups is 2. The van der Waals surface area contributed by atoms with Gasteiger partial charge < -0.3 is 25.0 Å². The van der Waals surface area contributed by atoms with Crippen LogP contribution in [0.25, 0.3) is 11.0 Å². The highest BCUT2D eigenvalue weighted by Crippen LogP contribution is 2.28. The number of nitrogens with zero attached hydrogens (tertiary/aromatic N) is 5. The first-order chi connectivity index (χ1) is 17.0. The number of carbonyl (C=O) groups excluding carboxylic acids is 2. The van der Waals surface area contributed by atoms with Crippen LogP contribution >= 0.6 is 11.8 Å². The number of hydrogen-bond acceptors (Lipinski definition) is 9. The lowest BCUT2D eigenvalue weighted by Gasteiger charge is -2.17. The molecular formula is C23H29N7O4S. The van der Waals surface area contributed by atoms with E-state index >= 15 is 0 Å². The van der Waals surface area contributed by atoms with Crippen molar-refractivity contribution < 1.29 is 19.1 Å². The number of fused-ring (bicyclic) bond motifs is 1. The van der Waals surface area contributed by atoms with Gasteiger partial charge >= 0.3 is 0 Å². The van der Waals surface area contributed by atoms with Gasteiger partial charge in [0.25, 0.3) is 0 Å². The monoisotopic (exact) mass is 499 g/mol. The molecule has 0 radical (unpaired) electrons. The molecule has 1 fully saturated rings. The second-order valence-corrected chi connectivity index (χ2v) is 8.75. The number of rotatable bonds is 11. The maximum atomic E-state index is 12.8. The van der Waals surface area contributed by atoms with Gasteiger partial charge in [-0.15, -0.1) is 0 Å². The van der Waals surface area contributed by atoms with Crippen LogP contribution in [0.4, 0.5) is 11.5 Å². The van der Waals surface area contributed by atoms with Crippen LogP contribution < -0.4 is 20.3 Å². The molecule has 1 saturated heterocycles. The summed E-state index contributed by atoms with van der Waals surface area (Å²) >= 11 is 1.45. The summed E-state index contributed by atoms with van der Waals surface area (Å²) in [5, 5.41) is 12.1. The molecule has 0 saturated carbocycles. The van der Waals surface area contributed by atoms with E-state index in [1.807, 2.05) is 24.5 Å². The smallest absolute Gasteiger partial charge is 0.227 e. The first-order valence-electron chi connectivity index (χ1n) is 11.3. The highest BCUT2D eigenvalue weighted by Gasteiger charge is 2.35. The van der Waals surface area contributed by atoms with Gasteiger partial charge in [0.05, 0.1) is 37.8 Å². The Bertz CT molecular complexity index is 1200. The fourth-order valence-corrected chi connectivity index (χ4v) is 4.30. The van der Waals surface area contributed by atoms with Crippen LogP contribution in [0.15, 0.2) is 35.6 Å². The SMILES string of the molecule is COCCNc1nc(SC)nc2c1cnn2CCNC(=O)C1CC(=O)N(c2cccc(OC)c2)C1. The Kier molecular flexibility index (Phi) is 8.03. The molecule has 11 nitrogen and oxygen atoms in total. The van der Waals surface area contributed by atoms with Crippen LogP contribution in [-0.2, 0) is 20.9 Å². The van der Waals surface area contributed by atoms with Crippen molar-refractivity contribution in [2.45, 2.75) is 18.1 Å². The number of nitrogens with one attached hydrogen (secondary N) is 2. The number of aromatic nitrogens is 4. The molecule has 2 aromatic heterocycles. The minimum atomic E-state index is -0.412. The van der Waals surface area contributed by atoms with Crippen molar-refractivity contribution in [2.75, 3.05) is 56.9 Å². The van der Waals surface area contributed by atoms with E-state index < -0.39 is 5.92 Å². The minimum Gasteiger partial charge on any atom is -0.497 e. The molecule has 12 heteroatoms. The molecule has 0 aliphatic carbocycles. The Balaban J connectivity index is 1.37. The topological polar surface area (TPSA) is 124 Å².